The Kier molecular flexibility index (Phi) is 2.84. The normalized spacial score (nSPS) is 10.0. The molecule has 1 aromatic rings. The van der Waals surface area contributed by atoms with Crippen LogP contribution in [0, 0.1) is 0 Å². The van der Waals surface area contributed by atoms with Crippen LogP contribution in [0.25, 0.3) is 0 Å². The zero-order valence-electron chi connectivity index (χ0n) is 7.74. The first-order valence-corrected chi connectivity index (χ1v) is 3.99. The van der Waals surface area contributed by atoms with Crippen LogP contribution in [0.2, 0.25) is 0 Å². The van der Waals surface area contributed by atoms with Crippen molar-refractivity contribution in [1.29, 1.82) is 0 Å². The highest BCUT2D eigenvalue weighted by atomic mass is 16.1. The molecule has 0 atom stereocenters. The van der Waals surface area contributed by atoms with E-state index >= 15 is 0 Å². The Bertz CT molecular complexity index is 306. The first kappa shape index (κ1) is 9.50. The summed E-state index contributed by atoms with van der Waals surface area (Å²) < 4.78 is 1.70. The highest BCUT2D eigenvalue weighted by molar-refractivity contribution is 5.72. The van der Waals surface area contributed by atoms with Gasteiger partial charge in [0.1, 0.15) is 5.82 Å². The molecule has 13 heavy (non-hydrogen) atoms. The molecule has 6 heteroatoms. The molecule has 0 saturated heterocycles. The molecule has 0 aromatic carbocycles. The van der Waals surface area contributed by atoms with Crippen LogP contribution in [0.4, 0.5) is 5.95 Å². The molecule has 0 unspecified atom stereocenters. The van der Waals surface area contributed by atoms with E-state index in [1.807, 2.05) is 0 Å². The maximum Gasteiger partial charge on any atom is 0.221 e. The lowest BCUT2D eigenvalue weighted by molar-refractivity contribution is -0.118. The molecule has 0 aliphatic heterocycles. The Morgan fingerprint density at radius 1 is 1.62 bits per heavy atom. The lowest BCUT2D eigenvalue weighted by atomic mass is 10.4. The minimum Gasteiger partial charge on any atom is -0.368 e. The number of anilines is 1. The van der Waals surface area contributed by atoms with E-state index in [1.165, 1.54) is 6.92 Å². The minimum absolute atomic E-state index is 0.0462. The number of hydrogen-bond donors (Lipinski definition) is 2. The Morgan fingerprint density at radius 3 is 2.77 bits per heavy atom. The molecule has 0 spiro atoms. The number of nitrogens with one attached hydrogen (secondary N) is 1. The molecule has 1 rings (SSSR count). The number of aromatic nitrogens is 3. The van der Waals surface area contributed by atoms with Crippen LogP contribution < -0.4 is 11.1 Å². The number of nitrogen functional groups attached to an aromatic ring is 1. The second-order valence-electron chi connectivity index (χ2n) is 2.77. The van der Waals surface area contributed by atoms with E-state index in [0.29, 0.717) is 18.9 Å². The highest BCUT2D eigenvalue weighted by Crippen LogP contribution is 1.99. The van der Waals surface area contributed by atoms with Gasteiger partial charge in [0.05, 0.1) is 0 Å². The van der Waals surface area contributed by atoms with Gasteiger partial charge in [0, 0.05) is 26.9 Å². The number of hydrogen-bond acceptors (Lipinski definition) is 4. The van der Waals surface area contributed by atoms with Crippen LogP contribution in [0.15, 0.2) is 0 Å². The summed E-state index contributed by atoms with van der Waals surface area (Å²) in [6, 6.07) is 0. The Hall–Kier alpha value is -1.59. The van der Waals surface area contributed by atoms with Crippen molar-refractivity contribution in [3.05, 3.63) is 5.82 Å². The number of carbonyl (C=O) groups excluding carboxylic acids is 1. The van der Waals surface area contributed by atoms with E-state index in [2.05, 4.69) is 15.5 Å². The van der Waals surface area contributed by atoms with Crippen molar-refractivity contribution in [3.63, 3.8) is 0 Å². The van der Waals surface area contributed by atoms with E-state index in [4.69, 9.17) is 5.73 Å². The smallest absolute Gasteiger partial charge is 0.221 e. The van der Waals surface area contributed by atoms with Gasteiger partial charge in [0.15, 0.2) is 0 Å². The molecule has 1 amide bonds. The monoisotopic (exact) mass is 183 g/mol. The summed E-state index contributed by atoms with van der Waals surface area (Å²) >= 11 is 0. The van der Waals surface area contributed by atoms with Crippen LogP contribution in [0.5, 0.6) is 0 Å². The lowest BCUT2D eigenvalue weighted by Crippen LogP contribution is -2.23. The molecular weight excluding hydrogens is 170 g/mol. The van der Waals surface area contributed by atoms with Crippen molar-refractivity contribution in [3.8, 4) is 0 Å². The topological polar surface area (TPSA) is 85.8 Å². The summed E-state index contributed by atoms with van der Waals surface area (Å²) in [6.45, 7) is 2.03. The second kappa shape index (κ2) is 3.88. The van der Waals surface area contributed by atoms with Crippen LogP contribution in [0.1, 0.15) is 12.7 Å². The number of carbonyl (C=O) groups is 1. The third-order valence-electron chi connectivity index (χ3n) is 1.72. The van der Waals surface area contributed by atoms with Gasteiger partial charge in [0.25, 0.3) is 0 Å². The number of rotatable bonds is 3. The lowest BCUT2D eigenvalue weighted by Gasteiger charge is -2.01. The zero-order valence-corrected chi connectivity index (χ0v) is 7.74. The Labute approximate surface area is 76.1 Å². The van der Waals surface area contributed by atoms with Gasteiger partial charge >= 0.3 is 0 Å². The van der Waals surface area contributed by atoms with Crippen LogP contribution in [-0.2, 0) is 18.3 Å². The van der Waals surface area contributed by atoms with Crippen LogP contribution in [0.3, 0.4) is 0 Å². The minimum atomic E-state index is -0.0462. The van der Waals surface area contributed by atoms with E-state index in [1.54, 1.807) is 11.6 Å². The predicted octanol–water partition coefficient (Wildman–Crippen LogP) is -0.924. The van der Waals surface area contributed by atoms with Crippen LogP contribution in [-0.4, -0.2) is 27.2 Å². The molecule has 3 N–H and O–H groups in total. The van der Waals surface area contributed by atoms with E-state index in [-0.39, 0.29) is 5.91 Å². The highest BCUT2D eigenvalue weighted by Gasteiger charge is 2.04. The maximum atomic E-state index is 10.5. The largest absolute Gasteiger partial charge is 0.368 e. The summed E-state index contributed by atoms with van der Waals surface area (Å²) in [5.41, 5.74) is 5.47. The molecule has 0 saturated carbocycles. The molecule has 1 heterocycles. The first-order valence-electron chi connectivity index (χ1n) is 3.99. The fraction of sp³-hybridized carbons (Fsp3) is 0.571. The van der Waals surface area contributed by atoms with Crippen molar-refractivity contribution in [2.75, 3.05) is 12.3 Å². The van der Waals surface area contributed by atoms with Crippen molar-refractivity contribution in [2.45, 2.75) is 13.3 Å². The van der Waals surface area contributed by atoms with E-state index in [0.717, 1.165) is 5.82 Å². The molecule has 0 bridgehead atoms. The molecule has 6 nitrogen and oxygen atoms in total. The van der Waals surface area contributed by atoms with E-state index in [9.17, 15) is 4.79 Å². The Morgan fingerprint density at radius 2 is 2.31 bits per heavy atom. The summed E-state index contributed by atoms with van der Waals surface area (Å²) in [5, 5.41) is 10.2. The number of amides is 1. The van der Waals surface area contributed by atoms with Gasteiger partial charge < -0.3 is 15.6 Å². The fourth-order valence-electron chi connectivity index (χ4n) is 0.943. The van der Waals surface area contributed by atoms with Gasteiger partial charge in [-0.3, -0.25) is 4.79 Å². The van der Waals surface area contributed by atoms with E-state index < -0.39 is 0 Å². The standard InChI is InChI=1S/C7H13N5O/c1-5(13)9-4-3-6-10-11-7(8)12(6)2/h3-4H2,1-2H3,(H2,8,11)(H,9,13). The van der Waals surface area contributed by atoms with Gasteiger partial charge in [-0.2, -0.15) is 0 Å². The molecule has 0 aliphatic rings. The second-order valence-corrected chi connectivity index (χ2v) is 2.77. The molecule has 0 aliphatic carbocycles. The van der Waals surface area contributed by atoms with Crippen molar-refractivity contribution in [1.82, 2.24) is 20.1 Å². The fourth-order valence-corrected chi connectivity index (χ4v) is 0.943. The molecule has 0 fully saturated rings. The predicted molar refractivity (Wildman–Crippen MR) is 47.8 cm³/mol. The summed E-state index contributed by atoms with van der Waals surface area (Å²) in [6.07, 6.45) is 0.639. The third-order valence-corrected chi connectivity index (χ3v) is 1.72. The van der Waals surface area contributed by atoms with Gasteiger partial charge in [-0.25, -0.2) is 0 Å². The number of nitrogens with two attached hydrogens (primary N) is 1. The summed E-state index contributed by atoms with van der Waals surface area (Å²) in [7, 11) is 1.79. The van der Waals surface area contributed by atoms with Crippen LogP contribution >= 0.6 is 0 Å². The quantitative estimate of drug-likeness (QED) is 0.634. The SMILES string of the molecule is CC(=O)NCCc1nnc(N)n1C. The average Bonchev–Trinajstić information content (AvgIpc) is 2.35. The Balaban J connectivity index is 2.45. The number of nitrogens with zero attached hydrogens (tertiary/aromatic N) is 3. The zero-order chi connectivity index (χ0) is 9.84. The van der Waals surface area contributed by atoms with Gasteiger partial charge in [0.2, 0.25) is 11.9 Å². The molecule has 72 valence electrons. The van der Waals surface area contributed by atoms with Crippen molar-refractivity contribution in [2.24, 2.45) is 7.05 Å². The molecule has 1 aromatic heterocycles. The van der Waals surface area contributed by atoms with Gasteiger partial charge in [-0.1, -0.05) is 0 Å². The van der Waals surface area contributed by atoms with Crippen molar-refractivity contribution < 1.29 is 4.79 Å². The van der Waals surface area contributed by atoms with Gasteiger partial charge in [-0.15, -0.1) is 10.2 Å². The van der Waals surface area contributed by atoms with Gasteiger partial charge in [-0.05, 0) is 0 Å². The summed E-state index contributed by atoms with van der Waals surface area (Å²) in [4.78, 5) is 10.5. The molecule has 0 radical (unpaired) electrons. The molecular formula is C7H13N5O. The van der Waals surface area contributed by atoms with Crippen molar-refractivity contribution >= 4 is 11.9 Å². The average molecular weight is 183 g/mol. The maximum absolute atomic E-state index is 10.5. The third kappa shape index (κ3) is 2.43. The summed E-state index contributed by atoms with van der Waals surface area (Å²) in [5.74, 6) is 1.11. The first-order chi connectivity index (χ1) is 6.11.